The molecule has 1 fully saturated rings. The summed E-state index contributed by atoms with van der Waals surface area (Å²) >= 11 is 1.93. The van der Waals surface area contributed by atoms with E-state index in [0.717, 1.165) is 5.69 Å². The maximum absolute atomic E-state index is 4.91. The van der Waals surface area contributed by atoms with Crippen LogP contribution in [0.2, 0.25) is 19.6 Å². The Morgan fingerprint density at radius 2 is 1.72 bits per heavy atom. The first-order chi connectivity index (χ1) is 14.0. The van der Waals surface area contributed by atoms with Crippen LogP contribution in [-0.2, 0) is 0 Å². The third-order valence-corrected chi connectivity index (χ3v) is 9.75. The Labute approximate surface area is 178 Å². The molecule has 4 aromatic rings. The highest BCUT2D eigenvalue weighted by Crippen LogP contribution is 2.40. The number of rotatable bonds is 3. The van der Waals surface area contributed by atoms with Gasteiger partial charge in [-0.3, -0.25) is 4.98 Å². The molecule has 2 aromatic carbocycles. The first kappa shape index (κ1) is 19.0. The Morgan fingerprint density at radius 3 is 2.45 bits per heavy atom. The van der Waals surface area contributed by atoms with Gasteiger partial charge < -0.3 is 0 Å². The summed E-state index contributed by atoms with van der Waals surface area (Å²) in [6, 6.07) is 18.4. The van der Waals surface area contributed by atoms with Crippen molar-refractivity contribution >= 4 is 44.8 Å². The van der Waals surface area contributed by atoms with E-state index in [-0.39, 0.29) is 0 Å². The van der Waals surface area contributed by atoms with Crippen LogP contribution in [0.25, 0.3) is 31.4 Å². The van der Waals surface area contributed by atoms with Crippen LogP contribution in [0, 0.1) is 0 Å². The zero-order chi connectivity index (χ0) is 20.0. The van der Waals surface area contributed by atoms with Crippen LogP contribution in [0.4, 0.5) is 0 Å². The lowest BCUT2D eigenvalue weighted by Gasteiger charge is -2.21. The third-order valence-electron chi connectivity index (χ3n) is 6.50. The number of aromatic nitrogens is 1. The van der Waals surface area contributed by atoms with Crippen molar-refractivity contribution in [3.05, 3.63) is 60.3 Å². The molecule has 0 amide bonds. The van der Waals surface area contributed by atoms with Gasteiger partial charge in [0, 0.05) is 31.9 Å². The minimum absolute atomic E-state index is 0.713. The molecule has 1 aliphatic carbocycles. The Balaban J connectivity index is 1.57. The fraction of sp³-hybridized carbons (Fsp3) is 0.346. The lowest BCUT2D eigenvalue weighted by Crippen LogP contribution is -2.37. The largest absolute Gasteiger partial charge is 0.256 e. The molecule has 5 rings (SSSR count). The van der Waals surface area contributed by atoms with Crippen LogP contribution in [0.3, 0.4) is 0 Å². The summed E-state index contributed by atoms with van der Waals surface area (Å²) < 4.78 is 2.78. The summed E-state index contributed by atoms with van der Waals surface area (Å²) in [5.41, 5.74) is 3.80. The van der Waals surface area contributed by atoms with Crippen molar-refractivity contribution in [3.8, 4) is 11.3 Å². The van der Waals surface area contributed by atoms with Crippen molar-refractivity contribution in [3.63, 3.8) is 0 Å². The molecule has 1 saturated carbocycles. The summed E-state index contributed by atoms with van der Waals surface area (Å²) in [5, 5.41) is 4.28. The van der Waals surface area contributed by atoms with Gasteiger partial charge in [-0.25, -0.2) is 0 Å². The van der Waals surface area contributed by atoms with Gasteiger partial charge in [-0.15, -0.1) is 11.3 Å². The molecule has 0 spiro atoms. The van der Waals surface area contributed by atoms with Crippen LogP contribution in [0.5, 0.6) is 0 Å². The second-order valence-electron chi connectivity index (χ2n) is 9.56. The Bertz CT molecular complexity index is 1160. The zero-order valence-corrected chi connectivity index (χ0v) is 19.5. The van der Waals surface area contributed by atoms with E-state index in [2.05, 4.69) is 74.4 Å². The van der Waals surface area contributed by atoms with Crippen molar-refractivity contribution in [2.24, 2.45) is 0 Å². The molecular formula is C26H29NSSi. The van der Waals surface area contributed by atoms with Crippen LogP contribution < -0.4 is 5.19 Å². The Hall–Kier alpha value is -1.97. The number of hydrogen-bond donors (Lipinski definition) is 0. The highest BCUT2D eigenvalue weighted by Gasteiger charge is 2.19. The number of benzene rings is 2. The first-order valence-corrected chi connectivity index (χ1v) is 15.2. The molecule has 0 N–H and O–H groups in total. The van der Waals surface area contributed by atoms with Gasteiger partial charge in [0.15, 0.2) is 0 Å². The van der Waals surface area contributed by atoms with Gasteiger partial charge in [0.05, 0.1) is 13.8 Å². The van der Waals surface area contributed by atoms with Crippen molar-refractivity contribution < 1.29 is 0 Å². The Kier molecular flexibility index (Phi) is 4.83. The van der Waals surface area contributed by atoms with E-state index < -0.39 is 8.07 Å². The standard InChI is InChI=1S/C26H29NSSi/c1-29(2,3)20-13-14-21-22-10-7-11-23(26(22)28-25(21)16-20)24-15-12-19(17-27-24)18-8-5-4-6-9-18/h7,10-18H,4-6,8-9H2,1-3H3. The van der Waals surface area contributed by atoms with E-state index in [9.17, 15) is 0 Å². The lowest BCUT2D eigenvalue weighted by molar-refractivity contribution is 0.443. The van der Waals surface area contributed by atoms with Crippen LogP contribution in [0.1, 0.15) is 43.6 Å². The van der Waals surface area contributed by atoms with E-state index in [1.807, 2.05) is 11.3 Å². The average Bonchev–Trinajstić information content (AvgIpc) is 3.12. The molecule has 2 aromatic heterocycles. The molecule has 148 valence electrons. The van der Waals surface area contributed by atoms with Gasteiger partial charge in [0.1, 0.15) is 0 Å². The predicted molar refractivity (Wildman–Crippen MR) is 131 cm³/mol. The molecule has 0 atom stereocenters. The molecule has 3 heteroatoms. The van der Waals surface area contributed by atoms with Crippen LogP contribution in [0.15, 0.2) is 54.7 Å². The normalized spacial score (nSPS) is 16.0. The monoisotopic (exact) mass is 415 g/mol. The molecule has 0 bridgehead atoms. The maximum atomic E-state index is 4.91. The van der Waals surface area contributed by atoms with Gasteiger partial charge >= 0.3 is 0 Å². The minimum Gasteiger partial charge on any atom is -0.256 e. The highest BCUT2D eigenvalue weighted by atomic mass is 32.1. The van der Waals surface area contributed by atoms with Crippen molar-refractivity contribution in [1.29, 1.82) is 0 Å². The average molecular weight is 416 g/mol. The quantitative estimate of drug-likeness (QED) is 0.312. The summed E-state index contributed by atoms with van der Waals surface area (Å²) in [7, 11) is -1.31. The number of fused-ring (bicyclic) bond motifs is 3. The molecule has 29 heavy (non-hydrogen) atoms. The number of pyridine rings is 1. The van der Waals surface area contributed by atoms with Crippen molar-refractivity contribution in [2.45, 2.75) is 57.7 Å². The fourth-order valence-corrected chi connectivity index (χ4v) is 7.24. The van der Waals surface area contributed by atoms with Crippen molar-refractivity contribution in [2.75, 3.05) is 0 Å². The molecule has 1 nitrogen and oxygen atoms in total. The summed E-state index contributed by atoms with van der Waals surface area (Å²) in [6.07, 6.45) is 8.93. The first-order valence-electron chi connectivity index (χ1n) is 10.9. The summed E-state index contributed by atoms with van der Waals surface area (Å²) in [4.78, 5) is 4.91. The van der Waals surface area contributed by atoms with Crippen molar-refractivity contribution in [1.82, 2.24) is 4.98 Å². The number of hydrogen-bond acceptors (Lipinski definition) is 2. The topological polar surface area (TPSA) is 12.9 Å². The van der Waals surface area contributed by atoms with Crippen LogP contribution in [-0.4, -0.2) is 13.1 Å². The minimum atomic E-state index is -1.31. The molecule has 0 saturated heterocycles. The SMILES string of the molecule is C[Si](C)(C)c1ccc2c(c1)sc1c(-c3ccc(C4CCCCC4)cn3)cccc12. The Morgan fingerprint density at radius 1 is 0.897 bits per heavy atom. The lowest BCUT2D eigenvalue weighted by atomic mass is 9.85. The smallest absolute Gasteiger partial charge is 0.0776 e. The van der Waals surface area contributed by atoms with E-state index >= 15 is 0 Å². The third kappa shape index (κ3) is 3.55. The fourth-order valence-electron chi connectivity index (χ4n) is 4.71. The van der Waals surface area contributed by atoms with E-state index in [1.165, 1.54) is 68.6 Å². The zero-order valence-electron chi connectivity index (χ0n) is 17.7. The van der Waals surface area contributed by atoms with E-state index in [1.54, 1.807) is 0 Å². The van der Waals surface area contributed by atoms with E-state index in [0.29, 0.717) is 5.92 Å². The molecule has 1 aliphatic rings. The van der Waals surface area contributed by atoms with Gasteiger partial charge in [-0.1, -0.05) is 80.5 Å². The van der Waals surface area contributed by atoms with E-state index in [4.69, 9.17) is 4.98 Å². The highest BCUT2D eigenvalue weighted by molar-refractivity contribution is 7.26. The molecule has 0 aliphatic heterocycles. The molecule has 2 heterocycles. The number of thiophene rings is 1. The summed E-state index contributed by atoms with van der Waals surface area (Å²) in [6.45, 7) is 7.26. The van der Waals surface area contributed by atoms with Gasteiger partial charge in [-0.2, -0.15) is 0 Å². The summed E-state index contributed by atoms with van der Waals surface area (Å²) in [5.74, 6) is 0.713. The molecule has 0 unspecified atom stereocenters. The van der Waals surface area contributed by atoms with Gasteiger partial charge in [0.25, 0.3) is 0 Å². The maximum Gasteiger partial charge on any atom is 0.0776 e. The predicted octanol–water partition coefficient (Wildman–Crippen LogP) is 7.71. The molecule has 0 radical (unpaired) electrons. The molecular weight excluding hydrogens is 386 g/mol. The van der Waals surface area contributed by atoms with Crippen LogP contribution >= 0.6 is 11.3 Å². The second-order valence-corrected chi connectivity index (χ2v) is 15.7. The number of nitrogens with zero attached hydrogens (tertiary/aromatic N) is 1. The van der Waals surface area contributed by atoms with Gasteiger partial charge in [0.2, 0.25) is 0 Å². The van der Waals surface area contributed by atoms with Gasteiger partial charge in [-0.05, 0) is 36.5 Å². The second kappa shape index (κ2) is 7.37.